The number of aromatic nitrogens is 2. The second-order valence-electron chi connectivity index (χ2n) is 7.38. The third-order valence-corrected chi connectivity index (χ3v) is 5.42. The fraction of sp³-hybridized carbons (Fsp3) is 0.318. The molecule has 2 amide bonds. The van der Waals surface area contributed by atoms with E-state index in [1.807, 2.05) is 47.4 Å². The topological polar surface area (TPSA) is 88.5 Å². The van der Waals surface area contributed by atoms with Gasteiger partial charge >= 0.3 is 6.03 Å². The monoisotopic (exact) mass is 407 g/mol. The van der Waals surface area contributed by atoms with E-state index in [2.05, 4.69) is 15.6 Å². The second kappa shape index (κ2) is 8.44. The second-order valence-corrected chi connectivity index (χ2v) is 7.38. The molecule has 2 N–H and O–H groups in total. The molecule has 8 nitrogen and oxygen atoms in total. The number of carbonyl (C=O) groups excluding carboxylic acids is 1. The molecule has 0 bridgehead atoms. The van der Waals surface area contributed by atoms with Crippen LogP contribution in [0, 0.1) is 0 Å². The number of hydrogen-bond donors (Lipinski definition) is 2. The number of nitrogens with zero attached hydrogens (tertiary/aromatic N) is 3. The van der Waals surface area contributed by atoms with Crippen LogP contribution in [0.4, 0.5) is 16.3 Å². The van der Waals surface area contributed by atoms with Gasteiger partial charge in [0, 0.05) is 37.9 Å². The zero-order chi connectivity index (χ0) is 21.1. The first-order valence-electron chi connectivity index (χ1n) is 9.97. The Morgan fingerprint density at radius 3 is 2.67 bits per heavy atom. The third kappa shape index (κ3) is 4.07. The number of methoxy groups -OCH3 is 1. The summed E-state index contributed by atoms with van der Waals surface area (Å²) in [5, 5.41) is 5.85. The van der Waals surface area contributed by atoms with E-state index in [4.69, 9.17) is 4.74 Å². The largest absolute Gasteiger partial charge is 0.497 e. The Morgan fingerprint density at radius 1 is 1.13 bits per heavy atom. The van der Waals surface area contributed by atoms with Gasteiger partial charge in [-0.2, -0.15) is 0 Å². The fourth-order valence-corrected chi connectivity index (χ4v) is 3.76. The Bertz CT molecular complexity index is 1120. The van der Waals surface area contributed by atoms with Crippen molar-refractivity contribution in [2.24, 2.45) is 7.05 Å². The highest BCUT2D eigenvalue weighted by Crippen LogP contribution is 2.19. The van der Waals surface area contributed by atoms with E-state index in [9.17, 15) is 9.59 Å². The summed E-state index contributed by atoms with van der Waals surface area (Å²) in [4.78, 5) is 31.7. The Kier molecular flexibility index (Phi) is 5.56. The molecule has 0 radical (unpaired) electrons. The summed E-state index contributed by atoms with van der Waals surface area (Å²) in [7, 11) is 3.36. The maximum atomic E-state index is 12.8. The molecule has 8 heteroatoms. The van der Waals surface area contributed by atoms with Crippen molar-refractivity contribution >= 4 is 28.6 Å². The number of aryl methyl sites for hydroxylation is 1. The summed E-state index contributed by atoms with van der Waals surface area (Å²) < 4.78 is 6.82. The summed E-state index contributed by atoms with van der Waals surface area (Å²) in [6, 6.07) is 14.6. The molecule has 30 heavy (non-hydrogen) atoms. The fourth-order valence-electron chi connectivity index (χ4n) is 3.76. The van der Waals surface area contributed by atoms with Gasteiger partial charge in [0.1, 0.15) is 5.75 Å². The summed E-state index contributed by atoms with van der Waals surface area (Å²) in [5.74, 6) is 1.15. The highest BCUT2D eigenvalue weighted by Gasteiger charge is 2.24. The van der Waals surface area contributed by atoms with Gasteiger partial charge in [0.15, 0.2) is 5.82 Å². The smallest absolute Gasteiger partial charge is 0.319 e. The van der Waals surface area contributed by atoms with Crippen molar-refractivity contribution in [3.05, 3.63) is 58.9 Å². The summed E-state index contributed by atoms with van der Waals surface area (Å²) >= 11 is 0. The molecule has 4 rings (SSSR count). The van der Waals surface area contributed by atoms with Gasteiger partial charge in [0.05, 0.1) is 18.1 Å². The molecule has 1 fully saturated rings. The van der Waals surface area contributed by atoms with Gasteiger partial charge in [0.25, 0.3) is 5.56 Å². The predicted molar refractivity (Wildman–Crippen MR) is 117 cm³/mol. The molecule has 0 spiro atoms. The number of ether oxygens (including phenoxy) is 1. The number of rotatable bonds is 4. The number of nitrogens with one attached hydrogen (secondary N) is 2. The van der Waals surface area contributed by atoms with Crippen molar-refractivity contribution in [2.75, 3.05) is 30.4 Å². The number of amides is 2. The molecule has 156 valence electrons. The average molecular weight is 407 g/mol. The standard InChI is InChI=1S/C22H25N5O3/c1-26-19-9-4-3-8-18(19)25-20(21(26)28)27-12-10-15(11-13-27)23-22(29)24-16-6-5-7-17(14-16)30-2/h3-9,14-15H,10-13H2,1-2H3,(H2,23,24,29). The molecule has 2 heterocycles. The van der Waals surface area contributed by atoms with E-state index in [-0.39, 0.29) is 17.6 Å². The van der Waals surface area contributed by atoms with Crippen LogP contribution in [0.25, 0.3) is 11.0 Å². The lowest BCUT2D eigenvalue weighted by Crippen LogP contribution is -2.47. The number of piperidine rings is 1. The molecule has 1 aliphatic heterocycles. The Labute approximate surface area is 174 Å². The molecule has 1 saturated heterocycles. The minimum Gasteiger partial charge on any atom is -0.497 e. The van der Waals surface area contributed by atoms with Crippen LogP contribution < -0.4 is 25.8 Å². The Hall–Kier alpha value is -3.55. The van der Waals surface area contributed by atoms with Gasteiger partial charge in [-0.05, 0) is 37.1 Å². The van der Waals surface area contributed by atoms with Crippen LogP contribution in [0.5, 0.6) is 5.75 Å². The van der Waals surface area contributed by atoms with Gasteiger partial charge in [-0.3, -0.25) is 4.79 Å². The van der Waals surface area contributed by atoms with Crippen LogP contribution in [-0.2, 0) is 7.05 Å². The van der Waals surface area contributed by atoms with Crippen LogP contribution in [0.3, 0.4) is 0 Å². The highest BCUT2D eigenvalue weighted by molar-refractivity contribution is 5.89. The zero-order valence-corrected chi connectivity index (χ0v) is 17.1. The molecule has 0 saturated carbocycles. The molecule has 1 aromatic heterocycles. The van der Waals surface area contributed by atoms with Gasteiger partial charge < -0.3 is 24.8 Å². The minimum absolute atomic E-state index is 0.0381. The number of anilines is 2. The first-order valence-corrected chi connectivity index (χ1v) is 9.97. The average Bonchev–Trinajstić information content (AvgIpc) is 2.77. The third-order valence-electron chi connectivity index (χ3n) is 5.42. The van der Waals surface area contributed by atoms with E-state index in [0.29, 0.717) is 30.3 Å². The van der Waals surface area contributed by atoms with Gasteiger partial charge in [0.2, 0.25) is 0 Å². The van der Waals surface area contributed by atoms with Crippen LogP contribution in [0.15, 0.2) is 53.3 Å². The number of benzene rings is 2. The van der Waals surface area contributed by atoms with Crippen LogP contribution in [0.2, 0.25) is 0 Å². The van der Waals surface area contributed by atoms with E-state index in [1.54, 1.807) is 24.8 Å². The molecule has 0 aliphatic carbocycles. The maximum absolute atomic E-state index is 12.8. The Balaban J connectivity index is 1.38. The number of fused-ring (bicyclic) bond motifs is 1. The quantitative estimate of drug-likeness (QED) is 0.694. The van der Waals surface area contributed by atoms with Gasteiger partial charge in [-0.1, -0.05) is 18.2 Å². The zero-order valence-electron chi connectivity index (χ0n) is 17.1. The van der Waals surface area contributed by atoms with E-state index < -0.39 is 0 Å². The van der Waals surface area contributed by atoms with Crippen molar-refractivity contribution in [3.8, 4) is 5.75 Å². The number of hydrogen-bond acceptors (Lipinski definition) is 5. The molecule has 2 aromatic carbocycles. The van der Waals surface area contributed by atoms with E-state index in [0.717, 1.165) is 23.9 Å². The van der Waals surface area contributed by atoms with Crippen molar-refractivity contribution in [2.45, 2.75) is 18.9 Å². The van der Waals surface area contributed by atoms with Crippen LogP contribution >= 0.6 is 0 Å². The SMILES string of the molecule is COc1cccc(NC(=O)NC2CCN(c3nc4ccccc4n(C)c3=O)CC2)c1. The number of carbonyl (C=O) groups is 1. The Morgan fingerprint density at radius 2 is 1.90 bits per heavy atom. The number of urea groups is 1. The molecular weight excluding hydrogens is 382 g/mol. The molecular formula is C22H25N5O3. The van der Waals surface area contributed by atoms with E-state index >= 15 is 0 Å². The predicted octanol–water partition coefficient (Wildman–Crippen LogP) is 2.73. The lowest BCUT2D eigenvalue weighted by atomic mass is 10.1. The van der Waals surface area contributed by atoms with E-state index in [1.165, 1.54) is 0 Å². The summed E-state index contributed by atoms with van der Waals surface area (Å²) in [6.07, 6.45) is 1.48. The van der Waals surface area contributed by atoms with Crippen LogP contribution in [-0.4, -0.2) is 41.8 Å². The minimum atomic E-state index is -0.249. The first kappa shape index (κ1) is 19.8. The normalized spacial score (nSPS) is 14.5. The number of para-hydroxylation sites is 2. The molecule has 3 aromatic rings. The summed E-state index contributed by atoms with van der Waals surface area (Å²) in [6.45, 7) is 1.31. The van der Waals surface area contributed by atoms with Crippen molar-refractivity contribution < 1.29 is 9.53 Å². The van der Waals surface area contributed by atoms with Crippen molar-refractivity contribution in [1.29, 1.82) is 0 Å². The molecule has 0 unspecified atom stereocenters. The first-order chi connectivity index (χ1) is 14.5. The molecule has 1 aliphatic rings. The van der Waals surface area contributed by atoms with Crippen molar-refractivity contribution in [1.82, 2.24) is 14.9 Å². The van der Waals surface area contributed by atoms with Gasteiger partial charge in [-0.15, -0.1) is 0 Å². The maximum Gasteiger partial charge on any atom is 0.319 e. The van der Waals surface area contributed by atoms with Gasteiger partial charge in [-0.25, -0.2) is 9.78 Å². The lowest BCUT2D eigenvalue weighted by molar-refractivity contribution is 0.246. The van der Waals surface area contributed by atoms with Crippen LogP contribution in [0.1, 0.15) is 12.8 Å². The summed E-state index contributed by atoms with van der Waals surface area (Å²) in [5.41, 5.74) is 2.19. The lowest BCUT2D eigenvalue weighted by Gasteiger charge is -2.33. The highest BCUT2D eigenvalue weighted by atomic mass is 16.5. The van der Waals surface area contributed by atoms with Crippen molar-refractivity contribution in [3.63, 3.8) is 0 Å². The molecule has 0 atom stereocenters.